The zero-order valence-electron chi connectivity index (χ0n) is 8.62. The highest BCUT2D eigenvalue weighted by molar-refractivity contribution is 5.11. The number of aromatic nitrogens is 2. The topological polar surface area (TPSA) is 64.9 Å². The Hall–Kier alpha value is -0.900. The third-order valence-electron chi connectivity index (χ3n) is 3.10. The van der Waals surface area contributed by atoms with Crippen LogP contribution in [0.5, 0.6) is 0 Å². The van der Waals surface area contributed by atoms with Crippen LogP contribution in [0.15, 0.2) is 4.52 Å². The third-order valence-corrected chi connectivity index (χ3v) is 3.10. The van der Waals surface area contributed by atoms with Crippen molar-refractivity contribution in [3.8, 4) is 0 Å². The first-order chi connectivity index (χ1) is 6.80. The van der Waals surface area contributed by atoms with Gasteiger partial charge in [0.05, 0.1) is 5.41 Å². The molecule has 78 valence electrons. The van der Waals surface area contributed by atoms with E-state index in [1.165, 1.54) is 6.42 Å². The summed E-state index contributed by atoms with van der Waals surface area (Å²) in [7, 11) is 0. The molecule has 0 bridgehead atoms. The standard InChI is InChI=1S/C10H17N3O/c1-2-4-8-12-9(14-13-8)10(7-11)5-3-6-10/h2-7,11H2,1H3. The molecule has 1 heterocycles. The van der Waals surface area contributed by atoms with Crippen molar-refractivity contribution in [1.29, 1.82) is 0 Å². The fraction of sp³-hybridized carbons (Fsp3) is 0.800. The van der Waals surface area contributed by atoms with Gasteiger partial charge in [0.1, 0.15) is 0 Å². The Kier molecular flexibility index (Phi) is 2.54. The van der Waals surface area contributed by atoms with E-state index in [0.717, 1.165) is 37.4 Å². The molecule has 2 N–H and O–H groups in total. The Morgan fingerprint density at radius 3 is 2.79 bits per heavy atom. The smallest absolute Gasteiger partial charge is 0.234 e. The minimum absolute atomic E-state index is 0.0129. The second-order valence-corrected chi connectivity index (χ2v) is 4.10. The molecule has 0 radical (unpaired) electrons. The molecule has 4 heteroatoms. The summed E-state index contributed by atoms with van der Waals surface area (Å²) in [5.41, 5.74) is 5.77. The molecule has 0 aliphatic heterocycles. The Labute approximate surface area is 83.9 Å². The van der Waals surface area contributed by atoms with Crippen LogP contribution in [-0.2, 0) is 11.8 Å². The molecule has 0 unspecified atom stereocenters. The van der Waals surface area contributed by atoms with Crippen molar-refractivity contribution in [2.45, 2.75) is 44.4 Å². The number of rotatable bonds is 4. The number of nitrogens with two attached hydrogens (primary N) is 1. The van der Waals surface area contributed by atoms with Crippen molar-refractivity contribution in [2.75, 3.05) is 6.54 Å². The fourth-order valence-electron chi connectivity index (χ4n) is 1.90. The third kappa shape index (κ3) is 1.43. The van der Waals surface area contributed by atoms with Crippen LogP contribution in [0.25, 0.3) is 0 Å². The normalized spacial score (nSPS) is 19.3. The molecule has 1 aromatic rings. The van der Waals surface area contributed by atoms with Crippen LogP contribution < -0.4 is 5.73 Å². The van der Waals surface area contributed by atoms with Gasteiger partial charge in [0, 0.05) is 13.0 Å². The Balaban J connectivity index is 2.15. The number of aryl methyl sites for hydroxylation is 1. The Morgan fingerprint density at radius 1 is 1.50 bits per heavy atom. The van der Waals surface area contributed by atoms with Crippen molar-refractivity contribution in [2.24, 2.45) is 5.73 Å². The van der Waals surface area contributed by atoms with Gasteiger partial charge in [-0.25, -0.2) is 0 Å². The molecular formula is C10H17N3O. The average molecular weight is 195 g/mol. The summed E-state index contributed by atoms with van der Waals surface area (Å²) in [4.78, 5) is 4.41. The van der Waals surface area contributed by atoms with Gasteiger partial charge in [0.25, 0.3) is 0 Å². The van der Waals surface area contributed by atoms with Crippen molar-refractivity contribution < 1.29 is 4.52 Å². The number of hydrogen-bond acceptors (Lipinski definition) is 4. The van der Waals surface area contributed by atoms with E-state index < -0.39 is 0 Å². The molecule has 0 amide bonds. The second kappa shape index (κ2) is 3.69. The second-order valence-electron chi connectivity index (χ2n) is 4.10. The quantitative estimate of drug-likeness (QED) is 0.788. The van der Waals surface area contributed by atoms with Gasteiger partial charge >= 0.3 is 0 Å². The lowest BCUT2D eigenvalue weighted by atomic mass is 9.69. The van der Waals surface area contributed by atoms with Crippen LogP contribution in [0, 0.1) is 0 Å². The molecule has 0 aromatic carbocycles. The molecular weight excluding hydrogens is 178 g/mol. The fourth-order valence-corrected chi connectivity index (χ4v) is 1.90. The minimum atomic E-state index is 0.0129. The largest absolute Gasteiger partial charge is 0.339 e. The predicted octanol–water partition coefficient (Wildman–Crippen LogP) is 1.40. The van der Waals surface area contributed by atoms with Gasteiger partial charge in [0.2, 0.25) is 5.89 Å². The summed E-state index contributed by atoms with van der Waals surface area (Å²) < 4.78 is 5.27. The highest BCUT2D eigenvalue weighted by Crippen LogP contribution is 2.41. The lowest BCUT2D eigenvalue weighted by molar-refractivity contribution is 0.181. The van der Waals surface area contributed by atoms with Crippen molar-refractivity contribution in [1.82, 2.24) is 10.1 Å². The zero-order valence-corrected chi connectivity index (χ0v) is 8.62. The monoisotopic (exact) mass is 195 g/mol. The van der Waals surface area contributed by atoms with Gasteiger partial charge in [-0.2, -0.15) is 4.98 Å². The zero-order chi connectivity index (χ0) is 10.0. The van der Waals surface area contributed by atoms with E-state index >= 15 is 0 Å². The van der Waals surface area contributed by atoms with E-state index in [0.29, 0.717) is 6.54 Å². The van der Waals surface area contributed by atoms with E-state index in [1.54, 1.807) is 0 Å². The highest BCUT2D eigenvalue weighted by atomic mass is 16.5. The van der Waals surface area contributed by atoms with Crippen LogP contribution >= 0.6 is 0 Å². The summed E-state index contributed by atoms with van der Waals surface area (Å²) in [5.74, 6) is 1.58. The van der Waals surface area contributed by atoms with Gasteiger partial charge in [-0.1, -0.05) is 18.5 Å². The van der Waals surface area contributed by atoms with Crippen LogP contribution in [-0.4, -0.2) is 16.7 Å². The lowest BCUT2D eigenvalue weighted by Crippen LogP contribution is -2.41. The molecule has 4 nitrogen and oxygen atoms in total. The Morgan fingerprint density at radius 2 is 2.29 bits per heavy atom. The summed E-state index contributed by atoms with van der Waals surface area (Å²) >= 11 is 0. The van der Waals surface area contributed by atoms with Gasteiger partial charge in [-0.05, 0) is 19.3 Å². The number of nitrogens with zero attached hydrogens (tertiary/aromatic N) is 2. The summed E-state index contributed by atoms with van der Waals surface area (Å²) in [6.07, 6.45) is 5.36. The molecule has 1 fully saturated rings. The van der Waals surface area contributed by atoms with E-state index in [-0.39, 0.29) is 5.41 Å². The van der Waals surface area contributed by atoms with Gasteiger partial charge < -0.3 is 10.3 Å². The first-order valence-corrected chi connectivity index (χ1v) is 5.34. The molecule has 2 rings (SSSR count). The van der Waals surface area contributed by atoms with Crippen LogP contribution in [0.1, 0.15) is 44.3 Å². The maximum Gasteiger partial charge on any atom is 0.234 e. The summed E-state index contributed by atoms with van der Waals surface area (Å²) in [5, 5.41) is 3.96. The molecule has 0 spiro atoms. The van der Waals surface area contributed by atoms with Gasteiger partial charge in [-0.15, -0.1) is 0 Å². The van der Waals surface area contributed by atoms with Crippen molar-refractivity contribution in [3.63, 3.8) is 0 Å². The predicted molar refractivity (Wildman–Crippen MR) is 52.9 cm³/mol. The van der Waals surface area contributed by atoms with E-state index in [9.17, 15) is 0 Å². The van der Waals surface area contributed by atoms with Gasteiger partial charge in [-0.3, -0.25) is 0 Å². The first-order valence-electron chi connectivity index (χ1n) is 5.34. The molecule has 14 heavy (non-hydrogen) atoms. The van der Waals surface area contributed by atoms with E-state index in [2.05, 4.69) is 17.1 Å². The van der Waals surface area contributed by atoms with Gasteiger partial charge in [0.15, 0.2) is 5.82 Å². The lowest BCUT2D eigenvalue weighted by Gasteiger charge is -2.36. The van der Waals surface area contributed by atoms with E-state index in [1.807, 2.05) is 0 Å². The molecule has 1 aliphatic carbocycles. The molecule has 1 saturated carbocycles. The van der Waals surface area contributed by atoms with E-state index in [4.69, 9.17) is 10.3 Å². The average Bonchev–Trinajstić information content (AvgIpc) is 2.54. The number of hydrogen-bond donors (Lipinski definition) is 1. The molecule has 0 atom stereocenters. The maximum atomic E-state index is 5.76. The van der Waals surface area contributed by atoms with Crippen LogP contribution in [0.3, 0.4) is 0 Å². The summed E-state index contributed by atoms with van der Waals surface area (Å²) in [6, 6.07) is 0. The summed E-state index contributed by atoms with van der Waals surface area (Å²) in [6.45, 7) is 2.73. The van der Waals surface area contributed by atoms with Crippen molar-refractivity contribution in [3.05, 3.63) is 11.7 Å². The molecule has 1 aliphatic rings. The molecule has 0 saturated heterocycles. The SMILES string of the molecule is CCCc1noc(C2(CN)CCC2)n1. The van der Waals surface area contributed by atoms with Crippen molar-refractivity contribution >= 4 is 0 Å². The maximum absolute atomic E-state index is 5.76. The minimum Gasteiger partial charge on any atom is -0.339 e. The highest BCUT2D eigenvalue weighted by Gasteiger charge is 2.42. The molecule has 1 aromatic heterocycles. The first kappa shape index (κ1) is 9.65. The Bertz CT molecular complexity index is 299. The van der Waals surface area contributed by atoms with Crippen LogP contribution in [0.2, 0.25) is 0 Å². The van der Waals surface area contributed by atoms with Crippen LogP contribution in [0.4, 0.5) is 0 Å².